The maximum atomic E-state index is 14.6. The summed E-state index contributed by atoms with van der Waals surface area (Å²) in [6, 6.07) is 3.76. The summed E-state index contributed by atoms with van der Waals surface area (Å²) in [5.74, 6) is 0.785. The molecule has 0 saturated carbocycles. The van der Waals surface area contributed by atoms with E-state index in [1.165, 1.54) is 12.1 Å². The van der Waals surface area contributed by atoms with Gasteiger partial charge in [0.1, 0.15) is 5.82 Å². The standard InChI is InChI=1S/C24H26FN7O2S/c1-3-16-13-28-24(29-14-16)31-9-6-17(7-10-31)21-15-27-23-22(26-8-11-32(21)23)30-20-5-4-18(12-19(20)25)35(2,33)34/h4-5,8,11-15,17H,3,6-7,9-10H2,1-2H3,(H,26,30). The van der Waals surface area contributed by atoms with Crippen molar-refractivity contribution in [2.75, 3.05) is 29.6 Å². The number of nitrogens with one attached hydrogen (secondary N) is 1. The Hall–Kier alpha value is -3.60. The van der Waals surface area contributed by atoms with Crippen LogP contribution in [0.4, 0.5) is 21.8 Å². The number of hydrogen-bond donors (Lipinski definition) is 1. The molecule has 11 heteroatoms. The molecule has 1 aliphatic heterocycles. The summed E-state index contributed by atoms with van der Waals surface area (Å²) in [4.78, 5) is 20.0. The number of sulfone groups is 1. The molecule has 1 aromatic carbocycles. The lowest BCUT2D eigenvalue weighted by atomic mass is 9.94. The second-order valence-electron chi connectivity index (χ2n) is 8.70. The fourth-order valence-electron chi connectivity index (χ4n) is 4.35. The highest BCUT2D eigenvalue weighted by Crippen LogP contribution is 2.31. The molecule has 182 valence electrons. The van der Waals surface area contributed by atoms with Gasteiger partial charge in [-0.1, -0.05) is 6.92 Å². The molecule has 4 aromatic rings. The first kappa shape index (κ1) is 23.2. The molecule has 0 amide bonds. The van der Waals surface area contributed by atoms with Gasteiger partial charge in [-0.25, -0.2) is 32.7 Å². The van der Waals surface area contributed by atoms with Crippen molar-refractivity contribution < 1.29 is 12.8 Å². The molecule has 0 aliphatic carbocycles. The number of fused-ring (bicyclic) bond motifs is 1. The number of hydrogen-bond acceptors (Lipinski definition) is 8. The first-order valence-corrected chi connectivity index (χ1v) is 13.4. The molecule has 0 spiro atoms. The van der Waals surface area contributed by atoms with Crippen LogP contribution in [0.3, 0.4) is 0 Å². The van der Waals surface area contributed by atoms with E-state index in [0.29, 0.717) is 17.4 Å². The van der Waals surface area contributed by atoms with Crippen LogP contribution < -0.4 is 10.2 Å². The molecule has 0 bridgehead atoms. The molecule has 1 saturated heterocycles. The number of benzene rings is 1. The number of piperidine rings is 1. The van der Waals surface area contributed by atoms with E-state index in [-0.39, 0.29) is 10.6 Å². The average Bonchev–Trinajstić information content (AvgIpc) is 3.30. The van der Waals surface area contributed by atoms with Crippen molar-refractivity contribution in [3.63, 3.8) is 0 Å². The molecule has 4 heterocycles. The van der Waals surface area contributed by atoms with Gasteiger partial charge in [0.15, 0.2) is 21.3 Å². The van der Waals surface area contributed by atoms with Gasteiger partial charge in [0, 0.05) is 61.9 Å². The van der Waals surface area contributed by atoms with Crippen molar-refractivity contribution in [1.82, 2.24) is 24.3 Å². The third kappa shape index (κ3) is 4.68. The summed E-state index contributed by atoms with van der Waals surface area (Å²) in [5, 5.41) is 2.96. The zero-order valence-corrected chi connectivity index (χ0v) is 20.3. The van der Waals surface area contributed by atoms with E-state index in [0.717, 1.165) is 61.9 Å². The van der Waals surface area contributed by atoms with Gasteiger partial charge in [0.25, 0.3) is 0 Å². The van der Waals surface area contributed by atoms with Crippen LogP contribution in [0.2, 0.25) is 0 Å². The number of halogens is 1. The molecule has 0 atom stereocenters. The van der Waals surface area contributed by atoms with Gasteiger partial charge in [-0.2, -0.15) is 0 Å². The zero-order valence-electron chi connectivity index (χ0n) is 19.5. The Balaban J connectivity index is 1.34. The molecule has 35 heavy (non-hydrogen) atoms. The molecule has 5 rings (SSSR count). The van der Waals surface area contributed by atoms with E-state index < -0.39 is 15.7 Å². The molecule has 3 aromatic heterocycles. The minimum Gasteiger partial charge on any atom is -0.341 e. The van der Waals surface area contributed by atoms with Crippen LogP contribution in [0.15, 0.2) is 54.1 Å². The number of rotatable bonds is 6. The minimum absolute atomic E-state index is 0.0761. The number of aromatic nitrogens is 5. The van der Waals surface area contributed by atoms with Crippen molar-refractivity contribution in [1.29, 1.82) is 0 Å². The fourth-order valence-corrected chi connectivity index (χ4v) is 4.99. The van der Waals surface area contributed by atoms with Gasteiger partial charge in [-0.15, -0.1) is 0 Å². The average molecular weight is 496 g/mol. The molecule has 9 nitrogen and oxygen atoms in total. The van der Waals surface area contributed by atoms with Crippen LogP contribution in [0, 0.1) is 5.82 Å². The second-order valence-corrected chi connectivity index (χ2v) is 10.7. The van der Waals surface area contributed by atoms with E-state index in [1.54, 1.807) is 6.20 Å². The summed E-state index contributed by atoms with van der Waals surface area (Å²) < 4.78 is 39.9. The third-order valence-corrected chi connectivity index (χ3v) is 7.48. The summed E-state index contributed by atoms with van der Waals surface area (Å²) in [5.41, 5.74) is 2.90. The van der Waals surface area contributed by atoms with Gasteiger partial charge in [0.2, 0.25) is 5.95 Å². The van der Waals surface area contributed by atoms with E-state index in [4.69, 9.17) is 0 Å². The lowest BCUT2D eigenvalue weighted by molar-refractivity contribution is 0.488. The van der Waals surface area contributed by atoms with Crippen molar-refractivity contribution in [2.45, 2.75) is 37.0 Å². The highest BCUT2D eigenvalue weighted by Gasteiger charge is 2.25. The van der Waals surface area contributed by atoms with E-state index in [2.05, 4.69) is 37.1 Å². The summed E-state index contributed by atoms with van der Waals surface area (Å²) in [7, 11) is -3.49. The molecule has 0 unspecified atom stereocenters. The van der Waals surface area contributed by atoms with E-state index >= 15 is 0 Å². The Bertz CT molecular complexity index is 1460. The molecular weight excluding hydrogens is 469 g/mol. The molecule has 1 N–H and O–H groups in total. The highest BCUT2D eigenvalue weighted by atomic mass is 32.2. The first-order valence-electron chi connectivity index (χ1n) is 11.5. The van der Waals surface area contributed by atoms with Crippen LogP contribution in [0.25, 0.3) is 5.65 Å². The largest absolute Gasteiger partial charge is 0.341 e. The number of nitrogens with zero attached hydrogens (tertiary/aromatic N) is 6. The maximum absolute atomic E-state index is 14.6. The predicted molar refractivity (Wildman–Crippen MR) is 131 cm³/mol. The Morgan fingerprint density at radius 2 is 1.83 bits per heavy atom. The van der Waals surface area contributed by atoms with Crippen LogP contribution in [-0.2, 0) is 16.3 Å². The number of imidazole rings is 1. The van der Waals surface area contributed by atoms with Gasteiger partial charge in [-0.05, 0) is 43.0 Å². The molecule has 1 fully saturated rings. The fraction of sp³-hybridized carbons (Fsp3) is 0.333. The maximum Gasteiger partial charge on any atom is 0.225 e. The quantitative estimate of drug-likeness (QED) is 0.431. The Kier molecular flexibility index (Phi) is 6.10. The van der Waals surface area contributed by atoms with Crippen LogP contribution in [0.1, 0.15) is 36.9 Å². The topological polar surface area (TPSA) is 105 Å². The Labute approximate surface area is 203 Å². The smallest absolute Gasteiger partial charge is 0.225 e. The van der Waals surface area contributed by atoms with Crippen LogP contribution in [-0.4, -0.2) is 52.1 Å². The van der Waals surface area contributed by atoms with Gasteiger partial charge < -0.3 is 10.2 Å². The van der Waals surface area contributed by atoms with Gasteiger partial charge >= 0.3 is 0 Å². The van der Waals surface area contributed by atoms with Crippen LogP contribution >= 0.6 is 0 Å². The molecule has 0 radical (unpaired) electrons. The molecule has 1 aliphatic rings. The van der Waals surface area contributed by atoms with Gasteiger partial charge in [-0.3, -0.25) is 4.40 Å². The third-order valence-electron chi connectivity index (χ3n) is 6.37. The van der Waals surface area contributed by atoms with Crippen molar-refractivity contribution in [3.05, 3.63) is 66.3 Å². The monoisotopic (exact) mass is 495 g/mol. The summed E-state index contributed by atoms with van der Waals surface area (Å²) in [6.45, 7) is 3.77. The first-order chi connectivity index (χ1) is 16.8. The van der Waals surface area contributed by atoms with Crippen LogP contribution in [0.5, 0.6) is 0 Å². The van der Waals surface area contributed by atoms with Crippen molar-refractivity contribution in [2.24, 2.45) is 0 Å². The van der Waals surface area contributed by atoms with E-state index in [9.17, 15) is 12.8 Å². The minimum atomic E-state index is -3.49. The Morgan fingerprint density at radius 3 is 2.49 bits per heavy atom. The highest BCUT2D eigenvalue weighted by molar-refractivity contribution is 7.90. The second kappa shape index (κ2) is 9.21. The van der Waals surface area contributed by atoms with E-state index in [1.807, 2.05) is 29.2 Å². The predicted octanol–water partition coefficient (Wildman–Crippen LogP) is 3.75. The number of aryl methyl sites for hydroxylation is 1. The SMILES string of the molecule is CCc1cnc(N2CCC(c3cnc4c(Nc5ccc(S(C)(=O)=O)cc5F)nccn34)CC2)nc1. The number of anilines is 3. The normalized spacial score (nSPS) is 15.0. The zero-order chi connectivity index (χ0) is 24.6. The molecular formula is C24H26FN7O2S. The Morgan fingerprint density at radius 1 is 1.09 bits per heavy atom. The summed E-state index contributed by atoms with van der Waals surface area (Å²) >= 11 is 0. The van der Waals surface area contributed by atoms with Crippen molar-refractivity contribution >= 4 is 32.9 Å². The summed E-state index contributed by atoms with van der Waals surface area (Å²) in [6.07, 6.45) is 12.9. The lowest BCUT2D eigenvalue weighted by Crippen LogP contribution is -2.34. The van der Waals surface area contributed by atoms with Gasteiger partial charge in [0.05, 0.1) is 10.6 Å². The lowest BCUT2D eigenvalue weighted by Gasteiger charge is -2.31. The van der Waals surface area contributed by atoms with Crippen molar-refractivity contribution in [3.8, 4) is 0 Å².